The minimum Gasteiger partial charge on any atom is -0.388 e. The Morgan fingerprint density at radius 1 is 1.47 bits per heavy atom. The van der Waals surface area contributed by atoms with Crippen molar-refractivity contribution in [3.8, 4) is 0 Å². The van der Waals surface area contributed by atoms with Crippen molar-refractivity contribution < 1.29 is 9.90 Å². The van der Waals surface area contributed by atoms with Crippen LogP contribution < -0.4 is 11.1 Å². The Morgan fingerprint density at radius 2 is 2.13 bits per heavy atom. The van der Waals surface area contributed by atoms with E-state index in [0.717, 1.165) is 19.3 Å². The van der Waals surface area contributed by atoms with Crippen molar-refractivity contribution >= 4 is 5.91 Å². The van der Waals surface area contributed by atoms with Crippen molar-refractivity contribution in [2.24, 2.45) is 5.73 Å². The normalized spacial score (nSPS) is 14.7. The highest BCUT2D eigenvalue weighted by Gasteiger charge is 2.19. The minimum absolute atomic E-state index is 0.000159. The molecule has 0 aliphatic heterocycles. The molecule has 1 atom stereocenters. The highest BCUT2D eigenvalue weighted by molar-refractivity contribution is 5.75. The summed E-state index contributed by atoms with van der Waals surface area (Å²) >= 11 is 0. The van der Waals surface area contributed by atoms with Crippen molar-refractivity contribution in [2.75, 3.05) is 13.1 Å². The highest BCUT2D eigenvalue weighted by atomic mass is 16.3. The topological polar surface area (TPSA) is 75.3 Å². The molecule has 4 heteroatoms. The third-order valence-electron chi connectivity index (χ3n) is 2.31. The van der Waals surface area contributed by atoms with Gasteiger partial charge in [0.1, 0.15) is 0 Å². The third kappa shape index (κ3) is 8.39. The Hall–Kier alpha value is -0.610. The summed E-state index contributed by atoms with van der Waals surface area (Å²) in [7, 11) is 0. The lowest BCUT2D eigenvalue weighted by molar-refractivity contribution is -0.122. The molecule has 0 aromatic rings. The van der Waals surface area contributed by atoms with E-state index in [9.17, 15) is 9.90 Å². The van der Waals surface area contributed by atoms with Crippen LogP contribution in [0.3, 0.4) is 0 Å². The summed E-state index contributed by atoms with van der Waals surface area (Å²) in [6.45, 7) is 4.72. The van der Waals surface area contributed by atoms with Gasteiger partial charge in [-0.15, -0.1) is 0 Å². The number of amides is 1. The second-order valence-corrected chi connectivity index (χ2v) is 4.27. The van der Waals surface area contributed by atoms with Gasteiger partial charge in [0.15, 0.2) is 0 Å². The van der Waals surface area contributed by atoms with Gasteiger partial charge in [0.25, 0.3) is 0 Å². The standard InChI is InChI=1S/C11H24N2O2/c1-3-7-11(2,15)9-13-10(14)6-4-5-8-12/h15H,3-9,12H2,1-2H3,(H,13,14). The van der Waals surface area contributed by atoms with Gasteiger partial charge in [-0.2, -0.15) is 0 Å². The number of nitrogens with one attached hydrogen (secondary N) is 1. The fourth-order valence-electron chi connectivity index (χ4n) is 1.43. The van der Waals surface area contributed by atoms with Crippen molar-refractivity contribution in [1.29, 1.82) is 0 Å². The van der Waals surface area contributed by atoms with Crippen molar-refractivity contribution in [2.45, 2.75) is 51.6 Å². The molecule has 0 rings (SSSR count). The number of unbranched alkanes of at least 4 members (excludes halogenated alkanes) is 1. The molecule has 4 N–H and O–H groups in total. The number of rotatable bonds is 8. The maximum atomic E-state index is 11.3. The summed E-state index contributed by atoms with van der Waals surface area (Å²) in [5.41, 5.74) is 4.55. The molecule has 0 bridgehead atoms. The number of carbonyl (C=O) groups is 1. The molecule has 0 spiro atoms. The summed E-state index contributed by atoms with van der Waals surface area (Å²) in [5, 5.41) is 12.5. The lowest BCUT2D eigenvalue weighted by Crippen LogP contribution is -2.40. The van der Waals surface area contributed by atoms with E-state index in [0.29, 0.717) is 25.9 Å². The molecule has 90 valence electrons. The maximum Gasteiger partial charge on any atom is 0.220 e. The Labute approximate surface area is 92.2 Å². The summed E-state index contributed by atoms with van der Waals surface area (Å²) in [6.07, 6.45) is 3.81. The van der Waals surface area contributed by atoms with Gasteiger partial charge in [-0.25, -0.2) is 0 Å². The van der Waals surface area contributed by atoms with E-state index < -0.39 is 5.60 Å². The first-order valence-corrected chi connectivity index (χ1v) is 5.71. The Balaban J connectivity index is 3.60. The van der Waals surface area contributed by atoms with E-state index in [4.69, 9.17) is 5.73 Å². The number of aliphatic hydroxyl groups is 1. The molecule has 0 saturated heterocycles. The minimum atomic E-state index is -0.779. The van der Waals surface area contributed by atoms with E-state index in [2.05, 4.69) is 5.32 Å². The van der Waals surface area contributed by atoms with Gasteiger partial charge in [-0.3, -0.25) is 4.79 Å². The fraction of sp³-hybridized carbons (Fsp3) is 0.909. The van der Waals surface area contributed by atoms with Crippen molar-refractivity contribution in [3.63, 3.8) is 0 Å². The van der Waals surface area contributed by atoms with Crippen LogP contribution in [0.5, 0.6) is 0 Å². The third-order valence-corrected chi connectivity index (χ3v) is 2.31. The van der Waals surface area contributed by atoms with Gasteiger partial charge >= 0.3 is 0 Å². The van der Waals surface area contributed by atoms with Crippen molar-refractivity contribution in [1.82, 2.24) is 5.32 Å². The van der Waals surface area contributed by atoms with Crippen LogP contribution in [-0.2, 0) is 4.79 Å². The average Bonchev–Trinajstić information content (AvgIpc) is 2.15. The Bertz CT molecular complexity index is 181. The van der Waals surface area contributed by atoms with Gasteiger partial charge in [-0.05, 0) is 32.7 Å². The van der Waals surface area contributed by atoms with Gasteiger partial charge in [0.05, 0.1) is 5.60 Å². The van der Waals surface area contributed by atoms with E-state index in [1.54, 1.807) is 6.92 Å². The fourth-order valence-corrected chi connectivity index (χ4v) is 1.43. The zero-order valence-electron chi connectivity index (χ0n) is 9.88. The molecular weight excluding hydrogens is 192 g/mol. The van der Waals surface area contributed by atoms with E-state index in [1.165, 1.54) is 0 Å². The average molecular weight is 216 g/mol. The molecule has 0 saturated carbocycles. The molecule has 0 aliphatic carbocycles. The van der Waals surface area contributed by atoms with Gasteiger partial charge in [0, 0.05) is 13.0 Å². The van der Waals surface area contributed by atoms with E-state index in [-0.39, 0.29) is 5.91 Å². The van der Waals surface area contributed by atoms with Crippen LogP contribution in [0, 0.1) is 0 Å². The molecule has 0 aliphatic rings. The smallest absolute Gasteiger partial charge is 0.220 e. The molecule has 4 nitrogen and oxygen atoms in total. The largest absolute Gasteiger partial charge is 0.388 e. The van der Waals surface area contributed by atoms with E-state index in [1.807, 2.05) is 6.92 Å². The first-order valence-electron chi connectivity index (χ1n) is 5.71. The first-order chi connectivity index (χ1) is 7.02. The Morgan fingerprint density at radius 3 is 2.67 bits per heavy atom. The second kappa shape index (κ2) is 7.65. The summed E-state index contributed by atoms with van der Waals surface area (Å²) in [4.78, 5) is 11.3. The predicted molar refractivity (Wildman–Crippen MR) is 61.4 cm³/mol. The number of carbonyl (C=O) groups excluding carboxylic acids is 1. The zero-order chi connectivity index (χ0) is 11.7. The van der Waals surface area contributed by atoms with Crippen LogP contribution in [0.15, 0.2) is 0 Å². The van der Waals surface area contributed by atoms with Crippen LogP contribution >= 0.6 is 0 Å². The molecule has 1 unspecified atom stereocenters. The van der Waals surface area contributed by atoms with Gasteiger partial charge in [-0.1, -0.05) is 13.3 Å². The number of nitrogens with two attached hydrogens (primary N) is 1. The van der Waals surface area contributed by atoms with Crippen molar-refractivity contribution in [3.05, 3.63) is 0 Å². The first kappa shape index (κ1) is 14.4. The monoisotopic (exact) mass is 216 g/mol. The lowest BCUT2D eigenvalue weighted by atomic mass is 10.0. The SMILES string of the molecule is CCCC(C)(O)CNC(=O)CCCCN. The highest BCUT2D eigenvalue weighted by Crippen LogP contribution is 2.10. The quantitative estimate of drug-likeness (QED) is 0.525. The zero-order valence-corrected chi connectivity index (χ0v) is 9.88. The predicted octanol–water partition coefficient (Wildman–Crippen LogP) is 0.783. The maximum absolute atomic E-state index is 11.3. The number of hydrogen-bond acceptors (Lipinski definition) is 3. The van der Waals surface area contributed by atoms with E-state index >= 15 is 0 Å². The molecule has 0 radical (unpaired) electrons. The van der Waals surface area contributed by atoms with Crippen LogP contribution in [0.2, 0.25) is 0 Å². The lowest BCUT2D eigenvalue weighted by Gasteiger charge is -2.22. The Kier molecular flexibility index (Phi) is 7.34. The van der Waals surface area contributed by atoms with Crippen LogP contribution in [0.25, 0.3) is 0 Å². The van der Waals surface area contributed by atoms with Crippen LogP contribution in [-0.4, -0.2) is 29.7 Å². The molecule has 0 aromatic heterocycles. The van der Waals surface area contributed by atoms with Gasteiger partial charge in [0.2, 0.25) is 5.91 Å². The number of hydrogen-bond donors (Lipinski definition) is 3. The summed E-state index contributed by atoms with van der Waals surface area (Å²) in [6, 6.07) is 0. The molecule has 0 aromatic carbocycles. The molecule has 0 heterocycles. The van der Waals surface area contributed by atoms with Gasteiger partial charge < -0.3 is 16.2 Å². The molecule has 15 heavy (non-hydrogen) atoms. The van der Waals surface area contributed by atoms with Crippen LogP contribution in [0.4, 0.5) is 0 Å². The summed E-state index contributed by atoms with van der Waals surface area (Å²) in [5.74, 6) is -0.000159. The molecular formula is C11H24N2O2. The summed E-state index contributed by atoms with van der Waals surface area (Å²) < 4.78 is 0. The molecule has 0 fully saturated rings. The molecule has 1 amide bonds. The van der Waals surface area contributed by atoms with Crippen LogP contribution in [0.1, 0.15) is 46.0 Å². The second-order valence-electron chi connectivity index (χ2n) is 4.27.